The summed E-state index contributed by atoms with van der Waals surface area (Å²) in [7, 11) is 0. The lowest BCUT2D eigenvalue weighted by Crippen LogP contribution is -2.12. The average Bonchev–Trinajstić information content (AvgIpc) is 3.06. The molecule has 0 aliphatic heterocycles. The van der Waals surface area contributed by atoms with Crippen molar-refractivity contribution < 1.29 is 4.79 Å². The third kappa shape index (κ3) is 3.36. The van der Waals surface area contributed by atoms with Gasteiger partial charge in [0.1, 0.15) is 0 Å². The molecule has 4 heteroatoms. The molecule has 2 nitrogen and oxygen atoms in total. The van der Waals surface area contributed by atoms with E-state index < -0.39 is 0 Å². The predicted molar refractivity (Wildman–Crippen MR) is 109 cm³/mol. The lowest BCUT2D eigenvalue weighted by atomic mass is 10.1. The molecule has 0 spiro atoms. The summed E-state index contributed by atoms with van der Waals surface area (Å²) in [5, 5.41) is 4.26. The molecule has 0 aliphatic rings. The molecule has 25 heavy (non-hydrogen) atoms. The van der Waals surface area contributed by atoms with E-state index >= 15 is 0 Å². The molecular formula is C21H14BrNOS. The minimum absolute atomic E-state index is 0.110. The Morgan fingerprint density at radius 1 is 0.880 bits per heavy atom. The largest absolute Gasteiger partial charge is 0.321 e. The summed E-state index contributed by atoms with van der Waals surface area (Å²) in [6.45, 7) is 0. The molecule has 1 heterocycles. The Hall–Kier alpha value is -2.43. The van der Waals surface area contributed by atoms with Crippen molar-refractivity contribution in [3.63, 3.8) is 0 Å². The number of fused-ring (bicyclic) bond motifs is 1. The van der Waals surface area contributed by atoms with E-state index in [-0.39, 0.29) is 5.91 Å². The smallest absolute Gasteiger partial charge is 0.255 e. The maximum Gasteiger partial charge on any atom is 0.255 e. The molecule has 0 atom stereocenters. The van der Waals surface area contributed by atoms with Gasteiger partial charge < -0.3 is 5.32 Å². The lowest BCUT2D eigenvalue weighted by molar-refractivity contribution is 0.102. The molecule has 3 aromatic carbocycles. The van der Waals surface area contributed by atoms with E-state index in [1.807, 2.05) is 60.7 Å². The molecule has 1 amide bonds. The van der Waals surface area contributed by atoms with Gasteiger partial charge in [0, 0.05) is 30.9 Å². The van der Waals surface area contributed by atoms with E-state index in [0.29, 0.717) is 5.56 Å². The van der Waals surface area contributed by atoms with E-state index in [1.165, 1.54) is 10.1 Å². The highest BCUT2D eigenvalue weighted by atomic mass is 79.9. The van der Waals surface area contributed by atoms with Gasteiger partial charge in [-0.05, 0) is 47.9 Å². The summed E-state index contributed by atoms with van der Waals surface area (Å²) in [6.07, 6.45) is 0. The first-order valence-electron chi connectivity index (χ1n) is 7.85. The van der Waals surface area contributed by atoms with Crippen LogP contribution >= 0.6 is 27.3 Å². The monoisotopic (exact) mass is 407 g/mol. The summed E-state index contributed by atoms with van der Waals surface area (Å²) in [6, 6.07) is 25.8. The van der Waals surface area contributed by atoms with Gasteiger partial charge >= 0.3 is 0 Å². The van der Waals surface area contributed by atoms with Gasteiger partial charge in [-0.25, -0.2) is 0 Å². The van der Waals surface area contributed by atoms with Gasteiger partial charge in [0.2, 0.25) is 0 Å². The van der Waals surface area contributed by atoms with Gasteiger partial charge in [-0.3, -0.25) is 4.79 Å². The van der Waals surface area contributed by atoms with Gasteiger partial charge in [0.05, 0.1) is 0 Å². The minimum atomic E-state index is -0.110. The van der Waals surface area contributed by atoms with Gasteiger partial charge in [-0.1, -0.05) is 52.3 Å². The van der Waals surface area contributed by atoms with Crippen molar-refractivity contribution in [2.45, 2.75) is 0 Å². The van der Waals surface area contributed by atoms with Crippen LogP contribution in [0.1, 0.15) is 10.4 Å². The Bertz CT molecular complexity index is 1020. The fraction of sp³-hybridized carbons (Fsp3) is 0. The molecule has 0 bridgehead atoms. The van der Waals surface area contributed by atoms with Gasteiger partial charge in [0.15, 0.2) is 0 Å². The SMILES string of the molecule is O=C(Nc1ccccc1-c1cc2ccccc2s1)c1ccc(Br)cc1. The normalized spacial score (nSPS) is 10.8. The van der Waals surface area contributed by atoms with Crippen LogP contribution in [0.4, 0.5) is 5.69 Å². The Labute approximate surface area is 158 Å². The summed E-state index contributed by atoms with van der Waals surface area (Å²) < 4.78 is 2.20. The standard InChI is InChI=1S/C21H14BrNOS/c22-16-11-9-14(10-12-16)21(24)23-18-7-3-2-6-17(18)20-13-15-5-1-4-8-19(15)25-20/h1-13H,(H,23,24). The van der Waals surface area contributed by atoms with Gasteiger partial charge in [-0.15, -0.1) is 11.3 Å². The fourth-order valence-corrected chi connectivity index (χ4v) is 4.08. The lowest BCUT2D eigenvalue weighted by Gasteiger charge is -2.10. The van der Waals surface area contributed by atoms with Crippen molar-refractivity contribution in [2.75, 3.05) is 5.32 Å². The van der Waals surface area contributed by atoms with E-state index in [1.54, 1.807) is 11.3 Å². The molecule has 0 unspecified atom stereocenters. The third-order valence-electron chi connectivity index (χ3n) is 3.97. The van der Waals surface area contributed by atoms with E-state index in [4.69, 9.17) is 0 Å². The minimum Gasteiger partial charge on any atom is -0.321 e. The van der Waals surface area contributed by atoms with Crippen molar-refractivity contribution in [1.29, 1.82) is 0 Å². The number of carbonyl (C=O) groups excluding carboxylic acids is 1. The van der Waals surface area contributed by atoms with E-state index in [2.05, 4.69) is 39.4 Å². The summed E-state index contributed by atoms with van der Waals surface area (Å²) >= 11 is 5.12. The molecule has 0 saturated heterocycles. The van der Waals surface area contributed by atoms with E-state index in [0.717, 1.165) is 20.6 Å². The van der Waals surface area contributed by atoms with Crippen molar-refractivity contribution >= 4 is 48.9 Å². The number of nitrogens with one attached hydrogen (secondary N) is 1. The highest BCUT2D eigenvalue weighted by molar-refractivity contribution is 9.10. The van der Waals surface area contributed by atoms with Crippen LogP contribution in [-0.2, 0) is 0 Å². The maximum atomic E-state index is 12.6. The van der Waals surface area contributed by atoms with Crippen LogP contribution in [0, 0.1) is 0 Å². The van der Waals surface area contributed by atoms with Gasteiger partial charge in [-0.2, -0.15) is 0 Å². The molecule has 122 valence electrons. The molecule has 1 N–H and O–H groups in total. The first kappa shape index (κ1) is 16.1. The highest BCUT2D eigenvalue weighted by Gasteiger charge is 2.12. The van der Waals surface area contributed by atoms with Crippen LogP contribution in [-0.4, -0.2) is 5.91 Å². The van der Waals surface area contributed by atoms with Crippen molar-refractivity contribution in [3.05, 3.63) is 88.9 Å². The number of anilines is 1. The Morgan fingerprint density at radius 2 is 1.60 bits per heavy atom. The first-order valence-corrected chi connectivity index (χ1v) is 9.46. The van der Waals surface area contributed by atoms with Gasteiger partial charge in [0.25, 0.3) is 5.91 Å². The molecule has 0 radical (unpaired) electrons. The third-order valence-corrected chi connectivity index (χ3v) is 5.65. The number of para-hydroxylation sites is 1. The molecule has 4 rings (SSSR count). The number of benzene rings is 3. The predicted octanol–water partition coefficient (Wildman–Crippen LogP) is 6.58. The number of carbonyl (C=O) groups is 1. The second kappa shape index (κ2) is 6.82. The number of hydrogen-bond acceptors (Lipinski definition) is 2. The molecule has 4 aromatic rings. The highest BCUT2D eigenvalue weighted by Crippen LogP contribution is 2.37. The van der Waals surface area contributed by atoms with Crippen LogP contribution in [0.15, 0.2) is 83.3 Å². The van der Waals surface area contributed by atoms with E-state index in [9.17, 15) is 4.79 Å². The first-order chi connectivity index (χ1) is 12.2. The molecular weight excluding hydrogens is 394 g/mol. The zero-order chi connectivity index (χ0) is 17.2. The Balaban J connectivity index is 1.69. The quantitative estimate of drug-likeness (QED) is 0.408. The second-order valence-corrected chi connectivity index (χ2v) is 7.65. The summed E-state index contributed by atoms with van der Waals surface area (Å²) in [5.74, 6) is -0.110. The van der Waals surface area contributed by atoms with Crippen LogP contribution in [0.25, 0.3) is 20.5 Å². The number of amides is 1. The van der Waals surface area contributed by atoms with Crippen molar-refractivity contribution in [3.8, 4) is 10.4 Å². The Morgan fingerprint density at radius 3 is 2.40 bits per heavy atom. The number of hydrogen-bond donors (Lipinski definition) is 1. The summed E-state index contributed by atoms with van der Waals surface area (Å²) in [4.78, 5) is 13.7. The zero-order valence-electron chi connectivity index (χ0n) is 13.2. The number of halogens is 1. The molecule has 0 aliphatic carbocycles. The van der Waals surface area contributed by atoms with Crippen LogP contribution in [0.5, 0.6) is 0 Å². The second-order valence-electron chi connectivity index (χ2n) is 5.66. The summed E-state index contributed by atoms with van der Waals surface area (Å²) in [5.41, 5.74) is 2.49. The topological polar surface area (TPSA) is 29.1 Å². The molecule has 0 saturated carbocycles. The van der Waals surface area contributed by atoms with Crippen LogP contribution in [0.2, 0.25) is 0 Å². The average molecular weight is 408 g/mol. The molecule has 0 fully saturated rings. The van der Waals surface area contributed by atoms with Crippen LogP contribution in [0.3, 0.4) is 0 Å². The van der Waals surface area contributed by atoms with Crippen LogP contribution < -0.4 is 5.32 Å². The zero-order valence-corrected chi connectivity index (χ0v) is 15.6. The van der Waals surface area contributed by atoms with Crippen molar-refractivity contribution in [1.82, 2.24) is 0 Å². The van der Waals surface area contributed by atoms with Crippen molar-refractivity contribution in [2.24, 2.45) is 0 Å². The molecule has 1 aromatic heterocycles. The number of thiophene rings is 1. The fourth-order valence-electron chi connectivity index (χ4n) is 2.72. The maximum absolute atomic E-state index is 12.6. The Kier molecular flexibility index (Phi) is 4.38. The number of rotatable bonds is 3.